The van der Waals surface area contributed by atoms with Crippen LogP contribution in [0.3, 0.4) is 0 Å². The fourth-order valence-corrected chi connectivity index (χ4v) is 0.230. The van der Waals surface area contributed by atoms with Gasteiger partial charge in [0.2, 0.25) is 0 Å². The molecule has 1 N–H and O–H groups in total. The Morgan fingerprint density at radius 1 is 1.38 bits per heavy atom. The molecule has 4 nitrogen and oxygen atoms in total. The van der Waals surface area contributed by atoms with Crippen molar-refractivity contribution in [3.63, 3.8) is 0 Å². The molecule has 0 saturated heterocycles. The molecule has 0 aromatic carbocycles. The predicted molar refractivity (Wildman–Crippen MR) is 56.8 cm³/mol. The van der Waals surface area contributed by atoms with Crippen molar-refractivity contribution in [3.05, 3.63) is 36.6 Å². The van der Waals surface area contributed by atoms with Gasteiger partial charge in [-0.25, -0.2) is 4.79 Å². The van der Waals surface area contributed by atoms with E-state index < -0.39 is 5.97 Å². The summed E-state index contributed by atoms with van der Waals surface area (Å²) in [5.41, 5.74) is 0.336. The van der Waals surface area contributed by atoms with E-state index in [0.717, 1.165) is 0 Å². The molecule has 0 aliphatic heterocycles. The van der Waals surface area contributed by atoms with Gasteiger partial charge in [0.1, 0.15) is 0 Å². The zero-order chi connectivity index (χ0) is 12.4. The molecule has 0 heterocycles. The molecule has 0 aromatic rings. The molecule has 0 saturated carbocycles. The number of aliphatic carboxylic acids is 1. The first-order valence-electron chi connectivity index (χ1n) is 4.12. The van der Waals surface area contributed by atoms with Crippen LogP contribution >= 0.6 is 0 Å². The number of carbonyl (C=O) groups is 2. The maximum absolute atomic E-state index is 10.5. The normalized spacial score (nSPS) is 8.19. The van der Waals surface area contributed by atoms with Gasteiger partial charge in [0, 0.05) is 25.1 Å². The van der Waals surface area contributed by atoms with Gasteiger partial charge in [0.25, 0.3) is 0 Å². The average Bonchev–Trinajstić information content (AvgIpc) is 2.14. The molecule has 16 heavy (non-hydrogen) atoms. The minimum absolute atomic E-state index is 0. The third kappa shape index (κ3) is 15.3. The predicted octanol–water partition coefficient (Wildman–Crippen LogP) is 2.09. The quantitative estimate of drug-likeness (QED) is 0.282. The van der Waals surface area contributed by atoms with Gasteiger partial charge in [-0.15, -0.1) is 5.57 Å². The molecule has 86 valence electrons. The third-order valence-corrected chi connectivity index (χ3v) is 0.997. The van der Waals surface area contributed by atoms with Gasteiger partial charge in [-0.1, -0.05) is 19.6 Å². The molecule has 5 heteroatoms. The van der Waals surface area contributed by atoms with Crippen LogP contribution in [0.1, 0.15) is 20.8 Å². The second kappa shape index (κ2) is 11.9. The summed E-state index contributed by atoms with van der Waals surface area (Å²) in [5, 5.41) is 7.83. The minimum atomic E-state index is -1.05. The monoisotopic (exact) mass is 275 g/mol. The summed E-state index contributed by atoms with van der Waals surface area (Å²) in [7, 11) is 0. The van der Waals surface area contributed by atoms with Crippen LogP contribution in [0.15, 0.2) is 30.1 Å². The topological polar surface area (TPSA) is 63.6 Å². The van der Waals surface area contributed by atoms with Crippen molar-refractivity contribution < 1.29 is 38.9 Å². The standard InChI is InChI=1S/C7H10O2.C4H5O2.Zn/c1-4-5-9-7(8)6(2)3;1-3(2)4(5)6;/h4-5H,2H2,1,3H3;1H,2H3,(H,5,6);/q;-1;. The van der Waals surface area contributed by atoms with Crippen molar-refractivity contribution in [3.8, 4) is 0 Å². The molecule has 0 atom stereocenters. The van der Waals surface area contributed by atoms with Crippen LogP contribution in [-0.2, 0) is 33.8 Å². The third-order valence-electron chi connectivity index (χ3n) is 0.997. The van der Waals surface area contributed by atoms with Crippen LogP contribution in [0.4, 0.5) is 0 Å². The first-order valence-corrected chi connectivity index (χ1v) is 4.12. The Bertz CT molecular complexity index is 280. The maximum atomic E-state index is 10.5. The Morgan fingerprint density at radius 3 is 1.94 bits per heavy atom. The van der Waals surface area contributed by atoms with Gasteiger partial charge in [-0.3, -0.25) is 6.58 Å². The molecule has 0 bridgehead atoms. The number of carbonyl (C=O) groups excluding carboxylic acids is 1. The van der Waals surface area contributed by atoms with Crippen LogP contribution in [0.25, 0.3) is 0 Å². The fraction of sp³-hybridized carbons (Fsp3) is 0.273. The molecular formula is C11H15O4Zn-. The number of hydrogen-bond donors (Lipinski definition) is 1. The molecule has 0 fully saturated rings. The molecule has 0 aliphatic carbocycles. The van der Waals surface area contributed by atoms with E-state index in [9.17, 15) is 9.59 Å². The summed E-state index contributed by atoms with van der Waals surface area (Å²) < 4.78 is 4.53. The summed E-state index contributed by atoms with van der Waals surface area (Å²) in [5.74, 6) is -1.43. The molecule has 0 radical (unpaired) electrons. The van der Waals surface area contributed by atoms with E-state index in [1.807, 2.05) is 0 Å². The molecule has 0 aromatic heterocycles. The smallest absolute Gasteiger partial charge is 0.337 e. The SMILES string of the molecule is C=C(C)C(=O)OC=CC.[CH-]=C(C)C(=O)O.[Zn]. The number of carboxylic acids is 1. The summed E-state index contributed by atoms with van der Waals surface area (Å²) in [6, 6.07) is 0. The molecule has 0 unspecified atom stereocenters. The van der Waals surface area contributed by atoms with Gasteiger partial charge in [0.15, 0.2) is 5.97 Å². The number of ether oxygens (including phenoxy) is 1. The van der Waals surface area contributed by atoms with E-state index >= 15 is 0 Å². The Balaban J connectivity index is -0.000000214. The van der Waals surface area contributed by atoms with Crippen molar-refractivity contribution in [1.82, 2.24) is 0 Å². The number of carboxylic acid groups (broad SMARTS) is 1. The van der Waals surface area contributed by atoms with Crippen molar-refractivity contribution in [2.75, 3.05) is 0 Å². The maximum Gasteiger partial charge on any atom is 0.337 e. The van der Waals surface area contributed by atoms with Crippen LogP contribution in [0.5, 0.6) is 0 Å². The average molecular weight is 277 g/mol. The zero-order valence-electron chi connectivity index (χ0n) is 9.82. The molecule has 0 amide bonds. The number of hydrogen-bond acceptors (Lipinski definition) is 3. The summed E-state index contributed by atoms with van der Waals surface area (Å²) in [4.78, 5) is 20.1. The van der Waals surface area contributed by atoms with Gasteiger partial charge >= 0.3 is 5.97 Å². The Kier molecular flexibility index (Phi) is 15.0. The largest absolute Gasteiger partial charge is 0.562 e. The number of esters is 1. The van der Waals surface area contributed by atoms with Crippen molar-refractivity contribution in [2.24, 2.45) is 0 Å². The number of allylic oxidation sites excluding steroid dienone is 1. The van der Waals surface area contributed by atoms with Crippen LogP contribution in [-0.4, -0.2) is 17.0 Å². The van der Waals surface area contributed by atoms with E-state index in [1.165, 1.54) is 13.2 Å². The van der Waals surface area contributed by atoms with Crippen molar-refractivity contribution >= 4 is 11.9 Å². The summed E-state index contributed by atoms with van der Waals surface area (Å²) in [6.45, 7) is 12.9. The zero-order valence-corrected chi connectivity index (χ0v) is 12.8. The van der Waals surface area contributed by atoms with Gasteiger partial charge < -0.3 is 14.6 Å². The second-order valence-electron chi connectivity index (χ2n) is 2.64. The molecular weight excluding hydrogens is 262 g/mol. The van der Waals surface area contributed by atoms with Crippen molar-refractivity contribution in [1.29, 1.82) is 0 Å². The first kappa shape index (κ1) is 20.2. The van der Waals surface area contributed by atoms with Gasteiger partial charge in [-0.05, 0) is 13.8 Å². The van der Waals surface area contributed by atoms with Crippen LogP contribution in [0, 0.1) is 6.58 Å². The second-order valence-corrected chi connectivity index (χ2v) is 2.64. The fourth-order valence-electron chi connectivity index (χ4n) is 0.230. The Morgan fingerprint density at radius 2 is 1.75 bits per heavy atom. The van der Waals surface area contributed by atoms with Crippen molar-refractivity contribution in [2.45, 2.75) is 20.8 Å². The summed E-state index contributed by atoms with van der Waals surface area (Å²) >= 11 is 0. The van der Waals surface area contributed by atoms with E-state index in [-0.39, 0.29) is 31.0 Å². The van der Waals surface area contributed by atoms with E-state index in [2.05, 4.69) is 11.3 Å². The van der Waals surface area contributed by atoms with E-state index in [0.29, 0.717) is 5.57 Å². The summed E-state index contributed by atoms with van der Waals surface area (Å²) in [6.07, 6.45) is 2.97. The van der Waals surface area contributed by atoms with Crippen LogP contribution in [0.2, 0.25) is 0 Å². The molecule has 0 spiro atoms. The van der Waals surface area contributed by atoms with Gasteiger partial charge in [-0.2, -0.15) is 0 Å². The Labute approximate surface area is 108 Å². The van der Waals surface area contributed by atoms with Crippen LogP contribution < -0.4 is 0 Å². The minimum Gasteiger partial charge on any atom is -0.562 e. The van der Waals surface area contributed by atoms with E-state index in [1.54, 1.807) is 19.9 Å². The Hall–Kier alpha value is -1.22. The molecule has 0 rings (SSSR count). The van der Waals surface area contributed by atoms with Gasteiger partial charge in [0.05, 0.1) is 6.26 Å². The first-order chi connectivity index (χ1) is 6.82. The number of rotatable bonds is 3. The van der Waals surface area contributed by atoms with E-state index in [4.69, 9.17) is 11.7 Å². The molecule has 0 aliphatic rings.